The zero-order chi connectivity index (χ0) is 13.0. The van der Waals surface area contributed by atoms with E-state index < -0.39 is 0 Å². The van der Waals surface area contributed by atoms with E-state index in [2.05, 4.69) is 23.6 Å². The molecule has 0 bridgehead atoms. The molecule has 0 spiro atoms. The van der Waals surface area contributed by atoms with Crippen molar-refractivity contribution in [2.75, 3.05) is 52.5 Å². The summed E-state index contributed by atoms with van der Waals surface area (Å²) in [5.41, 5.74) is 6.29. The van der Waals surface area contributed by atoms with E-state index in [4.69, 9.17) is 10.5 Å². The summed E-state index contributed by atoms with van der Waals surface area (Å²) in [4.78, 5) is 5.10. The molecule has 0 aromatic carbocycles. The lowest BCUT2D eigenvalue weighted by atomic mass is 9.99. The highest BCUT2D eigenvalue weighted by molar-refractivity contribution is 4.82. The van der Waals surface area contributed by atoms with Crippen molar-refractivity contribution in [2.45, 2.75) is 26.3 Å². The number of hydrogen-bond acceptors (Lipinski definition) is 4. The van der Waals surface area contributed by atoms with Crippen molar-refractivity contribution in [3.8, 4) is 0 Å². The first kappa shape index (κ1) is 14.3. The fraction of sp³-hybridized carbons (Fsp3) is 1.00. The maximum Gasteiger partial charge on any atom is 0.0510 e. The molecule has 0 amide bonds. The van der Waals surface area contributed by atoms with E-state index in [0.29, 0.717) is 12.0 Å². The minimum absolute atomic E-state index is 0.296. The predicted octanol–water partition coefficient (Wildman–Crippen LogP) is 0.624. The van der Waals surface area contributed by atoms with Crippen LogP contribution in [0.1, 0.15) is 20.3 Å². The monoisotopic (exact) mass is 255 g/mol. The first-order valence-corrected chi connectivity index (χ1v) is 7.43. The van der Waals surface area contributed by atoms with E-state index in [1.807, 2.05) is 0 Å². The Labute approximate surface area is 111 Å². The van der Waals surface area contributed by atoms with Crippen LogP contribution in [0.4, 0.5) is 0 Å². The van der Waals surface area contributed by atoms with Crippen molar-refractivity contribution in [3.05, 3.63) is 0 Å². The highest BCUT2D eigenvalue weighted by atomic mass is 16.5. The highest BCUT2D eigenvalue weighted by Gasteiger charge is 2.26. The minimum Gasteiger partial charge on any atom is -0.381 e. The number of piperazine rings is 1. The quantitative estimate of drug-likeness (QED) is 0.782. The van der Waals surface area contributed by atoms with Crippen molar-refractivity contribution in [3.63, 3.8) is 0 Å². The normalized spacial score (nSPS) is 29.0. The second kappa shape index (κ2) is 6.85. The van der Waals surface area contributed by atoms with Gasteiger partial charge in [-0.3, -0.25) is 4.90 Å². The third-order valence-corrected chi connectivity index (χ3v) is 4.13. The molecule has 0 aromatic rings. The van der Waals surface area contributed by atoms with Gasteiger partial charge >= 0.3 is 0 Å². The largest absolute Gasteiger partial charge is 0.381 e. The summed E-state index contributed by atoms with van der Waals surface area (Å²) >= 11 is 0. The average Bonchev–Trinajstić information content (AvgIpc) is 2.84. The van der Waals surface area contributed by atoms with Crippen LogP contribution in [0.3, 0.4) is 0 Å². The topological polar surface area (TPSA) is 41.7 Å². The van der Waals surface area contributed by atoms with Crippen LogP contribution in [0.2, 0.25) is 0 Å². The van der Waals surface area contributed by atoms with Crippen molar-refractivity contribution in [2.24, 2.45) is 17.6 Å². The Balaban J connectivity index is 1.66. The van der Waals surface area contributed by atoms with E-state index in [9.17, 15) is 0 Å². The molecule has 2 fully saturated rings. The van der Waals surface area contributed by atoms with Gasteiger partial charge in [-0.05, 0) is 12.3 Å². The Morgan fingerprint density at radius 1 is 1.11 bits per heavy atom. The molecule has 0 aliphatic carbocycles. The van der Waals surface area contributed by atoms with Gasteiger partial charge in [-0.2, -0.15) is 0 Å². The molecule has 106 valence electrons. The first-order chi connectivity index (χ1) is 8.65. The molecule has 2 atom stereocenters. The van der Waals surface area contributed by atoms with Crippen molar-refractivity contribution < 1.29 is 4.74 Å². The number of hydrogen-bond donors (Lipinski definition) is 1. The molecule has 2 saturated heterocycles. The maximum atomic E-state index is 6.29. The second-order valence-electron chi connectivity index (χ2n) is 6.28. The predicted molar refractivity (Wildman–Crippen MR) is 74.6 cm³/mol. The Morgan fingerprint density at radius 3 is 2.22 bits per heavy atom. The van der Waals surface area contributed by atoms with Gasteiger partial charge in [0.05, 0.1) is 6.61 Å². The average molecular weight is 255 g/mol. The Bertz CT molecular complexity index is 233. The van der Waals surface area contributed by atoms with Gasteiger partial charge < -0.3 is 15.4 Å². The summed E-state index contributed by atoms with van der Waals surface area (Å²) in [6.45, 7) is 13.4. The summed E-state index contributed by atoms with van der Waals surface area (Å²) in [5.74, 6) is 1.35. The third kappa shape index (κ3) is 4.19. The van der Waals surface area contributed by atoms with Crippen molar-refractivity contribution in [1.29, 1.82) is 0 Å². The molecule has 2 N–H and O–H groups in total. The van der Waals surface area contributed by atoms with Crippen LogP contribution in [0, 0.1) is 11.8 Å². The van der Waals surface area contributed by atoms with E-state index in [-0.39, 0.29) is 0 Å². The lowest BCUT2D eigenvalue weighted by molar-refractivity contribution is 0.108. The van der Waals surface area contributed by atoms with Gasteiger partial charge in [-0.25, -0.2) is 0 Å². The van der Waals surface area contributed by atoms with Gasteiger partial charge in [0, 0.05) is 57.8 Å². The van der Waals surface area contributed by atoms with Crippen LogP contribution in [0.25, 0.3) is 0 Å². The number of nitrogens with two attached hydrogens (primary N) is 1. The van der Waals surface area contributed by atoms with Gasteiger partial charge in [0.15, 0.2) is 0 Å². The summed E-state index contributed by atoms with van der Waals surface area (Å²) in [6.07, 6.45) is 1.15. The minimum atomic E-state index is 0.296. The fourth-order valence-electron chi connectivity index (χ4n) is 3.01. The number of ether oxygens (including phenoxy) is 1. The highest BCUT2D eigenvalue weighted by Crippen LogP contribution is 2.16. The second-order valence-corrected chi connectivity index (χ2v) is 6.28. The van der Waals surface area contributed by atoms with E-state index >= 15 is 0 Å². The molecule has 0 radical (unpaired) electrons. The lowest BCUT2D eigenvalue weighted by Gasteiger charge is -2.37. The molecule has 2 heterocycles. The Morgan fingerprint density at radius 2 is 1.72 bits per heavy atom. The molecule has 0 saturated carbocycles. The van der Waals surface area contributed by atoms with Crippen molar-refractivity contribution >= 4 is 0 Å². The van der Waals surface area contributed by atoms with Crippen LogP contribution < -0.4 is 5.73 Å². The summed E-state index contributed by atoms with van der Waals surface area (Å²) < 4.78 is 5.42. The van der Waals surface area contributed by atoms with Crippen LogP contribution in [-0.4, -0.2) is 68.3 Å². The zero-order valence-electron chi connectivity index (χ0n) is 12.0. The molecule has 18 heavy (non-hydrogen) atoms. The molecule has 2 unspecified atom stereocenters. The summed E-state index contributed by atoms with van der Waals surface area (Å²) in [7, 11) is 0. The third-order valence-electron chi connectivity index (χ3n) is 4.13. The molecule has 2 aliphatic rings. The molecule has 4 nitrogen and oxygen atoms in total. The van der Waals surface area contributed by atoms with E-state index in [1.54, 1.807) is 0 Å². The Hall–Kier alpha value is -0.160. The van der Waals surface area contributed by atoms with Crippen molar-refractivity contribution in [1.82, 2.24) is 9.80 Å². The van der Waals surface area contributed by atoms with E-state index in [0.717, 1.165) is 32.1 Å². The van der Waals surface area contributed by atoms with Gasteiger partial charge in [0.2, 0.25) is 0 Å². The molecule has 0 aromatic heterocycles. The van der Waals surface area contributed by atoms with Gasteiger partial charge in [0.1, 0.15) is 0 Å². The fourth-order valence-corrected chi connectivity index (χ4v) is 3.01. The number of nitrogens with zero attached hydrogens (tertiary/aromatic N) is 2. The smallest absolute Gasteiger partial charge is 0.0510 e. The van der Waals surface area contributed by atoms with Crippen LogP contribution in [0.15, 0.2) is 0 Å². The van der Waals surface area contributed by atoms with Gasteiger partial charge in [-0.1, -0.05) is 13.8 Å². The van der Waals surface area contributed by atoms with Crippen LogP contribution in [-0.2, 0) is 4.74 Å². The molecular weight excluding hydrogens is 226 g/mol. The van der Waals surface area contributed by atoms with Crippen LogP contribution in [0.5, 0.6) is 0 Å². The maximum absolute atomic E-state index is 6.29. The van der Waals surface area contributed by atoms with Gasteiger partial charge in [-0.15, -0.1) is 0 Å². The molecule has 4 heteroatoms. The summed E-state index contributed by atoms with van der Waals surface area (Å²) in [5, 5.41) is 0. The van der Waals surface area contributed by atoms with E-state index in [1.165, 1.54) is 32.7 Å². The first-order valence-electron chi connectivity index (χ1n) is 7.43. The standard InChI is InChI=1S/C14H29N3O/c1-12(2)9-16-4-6-17(7-5-16)10-14(15)13-3-8-18-11-13/h12-14H,3-11,15H2,1-2H3. The summed E-state index contributed by atoms with van der Waals surface area (Å²) in [6, 6.07) is 0.296. The molecule has 2 aliphatic heterocycles. The van der Waals surface area contributed by atoms with Crippen LogP contribution >= 0.6 is 0 Å². The SMILES string of the molecule is CC(C)CN1CCN(CC(N)C2CCOC2)CC1. The Kier molecular flexibility index (Phi) is 5.42. The number of rotatable bonds is 5. The molecule has 2 rings (SSSR count). The lowest BCUT2D eigenvalue weighted by Crippen LogP contribution is -2.51. The molecular formula is C14H29N3O. The van der Waals surface area contributed by atoms with Gasteiger partial charge in [0.25, 0.3) is 0 Å². The zero-order valence-corrected chi connectivity index (χ0v) is 12.0.